The van der Waals surface area contributed by atoms with Gasteiger partial charge >= 0.3 is 0 Å². The molecule has 4 aliphatic rings. The zero-order chi connectivity index (χ0) is 13.6. The molecule has 0 radical (unpaired) electrons. The highest BCUT2D eigenvalue weighted by Gasteiger charge is 2.55. The fourth-order valence-electron chi connectivity index (χ4n) is 5.45. The molecule has 4 saturated carbocycles. The van der Waals surface area contributed by atoms with Crippen molar-refractivity contribution in [2.24, 2.45) is 23.2 Å². The lowest BCUT2D eigenvalue weighted by Gasteiger charge is -2.58. The molecule has 3 heteroatoms. The van der Waals surface area contributed by atoms with E-state index in [1.807, 2.05) is 4.90 Å². The summed E-state index contributed by atoms with van der Waals surface area (Å²) in [6.07, 6.45) is 8.21. The summed E-state index contributed by atoms with van der Waals surface area (Å²) in [5, 5.41) is 0. The second-order valence-corrected chi connectivity index (χ2v) is 8.07. The molecule has 4 rings (SSSR count). The van der Waals surface area contributed by atoms with Gasteiger partial charge in [-0.2, -0.15) is 0 Å². The molecule has 19 heavy (non-hydrogen) atoms. The van der Waals surface area contributed by atoms with Crippen molar-refractivity contribution in [2.45, 2.75) is 57.2 Å². The van der Waals surface area contributed by atoms with E-state index in [4.69, 9.17) is 0 Å². The van der Waals surface area contributed by atoms with E-state index < -0.39 is 0 Å². The fraction of sp³-hybridized carbons (Fsp3) is 0.938. The minimum atomic E-state index is 0.0632. The monoisotopic (exact) mass is 327 g/mol. The first-order valence-electron chi connectivity index (χ1n) is 8.00. The van der Waals surface area contributed by atoms with Crippen LogP contribution in [0.2, 0.25) is 0 Å². The average molecular weight is 328 g/mol. The molecule has 0 saturated heterocycles. The van der Waals surface area contributed by atoms with Crippen LogP contribution in [0.3, 0.4) is 0 Å². The zero-order valence-electron chi connectivity index (χ0n) is 12.2. The summed E-state index contributed by atoms with van der Waals surface area (Å²) < 4.78 is 0. The van der Waals surface area contributed by atoms with E-state index in [0.717, 1.165) is 30.8 Å². The molecule has 1 atom stereocenters. The lowest BCUT2D eigenvalue weighted by Crippen LogP contribution is -2.54. The third-order valence-electron chi connectivity index (χ3n) is 5.92. The number of hydrogen-bond acceptors (Lipinski definition) is 1. The van der Waals surface area contributed by atoms with Gasteiger partial charge in [0.05, 0.1) is 4.83 Å². The van der Waals surface area contributed by atoms with E-state index in [1.54, 1.807) is 0 Å². The third-order valence-corrected chi connectivity index (χ3v) is 7.28. The third kappa shape index (κ3) is 2.26. The summed E-state index contributed by atoms with van der Waals surface area (Å²) in [5.74, 6) is 3.08. The number of alkyl halides is 1. The van der Waals surface area contributed by atoms with Gasteiger partial charge in [-0.25, -0.2) is 0 Å². The Kier molecular flexibility index (Phi) is 3.70. The van der Waals surface area contributed by atoms with Crippen molar-refractivity contribution in [3.05, 3.63) is 0 Å². The van der Waals surface area contributed by atoms with Gasteiger partial charge in [-0.05, 0) is 75.5 Å². The number of halogens is 1. The quantitative estimate of drug-likeness (QED) is 0.718. The predicted molar refractivity (Wildman–Crippen MR) is 81.2 cm³/mol. The highest BCUT2D eigenvalue weighted by Crippen LogP contribution is 2.62. The highest BCUT2D eigenvalue weighted by molar-refractivity contribution is 9.10. The second kappa shape index (κ2) is 5.05. The first-order valence-corrected chi connectivity index (χ1v) is 8.92. The molecule has 4 fully saturated rings. The van der Waals surface area contributed by atoms with Crippen LogP contribution >= 0.6 is 15.9 Å². The molecule has 0 aliphatic heterocycles. The molecule has 0 aromatic rings. The Labute approximate surface area is 125 Å². The molecule has 0 aromatic heterocycles. The maximum absolute atomic E-state index is 12.7. The molecule has 0 unspecified atom stereocenters. The molecule has 4 bridgehead atoms. The van der Waals surface area contributed by atoms with E-state index >= 15 is 0 Å². The van der Waals surface area contributed by atoms with E-state index in [1.165, 1.54) is 38.5 Å². The summed E-state index contributed by atoms with van der Waals surface area (Å²) in [6, 6.07) is 0. The lowest BCUT2D eigenvalue weighted by molar-refractivity contribution is -0.137. The lowest BCUT2D eigenvalue weighted by atomic mass is 9.48. The van der Waals surface area contributed by atoms with Gasteiger partial charge in [-0.3, -0.25) is 4.79 Å². The Morgan fingerprint density at radius 1 is 1.11 bits per heavy atom. The van der Waals surface area contributed by atoms with Crippen LogP contribution in [0, 0.1) is 23.2 Å². The Morgan fingerprint density at radius 3 is 1.89 bits per heavy atom. The van der Waals surface area contributed by atoms with Gasteiger partial charge in [0, 0.05) is 13.1 Å². The maximum atomic E-state index is 12.7. The van der Waals surface area contributed by atoms with Crippen LogP contribution in [0.25, 0.3) is 0 Å². The van der Waals surface area contributed by atoms with Gasteiger partial charge in [0.15, 0.2) is 0 Å². The molecule has 0 spiro atoms. The largest absolute Gasteiger partial charge is 0.342 e. The van der Waals surface area contributed by atoms with Crippen LogP contribution < -0.4 is 0 Å². The fourth-order valence-corrected chi connectivity index (χ4v) is 6.30. The Balaban J connectivity index is 1.79. The van der Waals surface area contributed by atoms with Crippen molar-refractivity contribution in [3.8, 4) is 0 Å². The highest BCUT2D eigenvalue weighted by atomic mass is 79.9. The van der Waals surface area contributed by atoms with Crippen molar-refractivity contribution < 1.29 is 4.79 Å². The van der Waals surface area contributed by atoms with Crippen molar-refractivity contribution in [2.75, 3.05) is 13.1 Å². The van der Waals surface area contributed by atoms with Crippen LogP contribution in [0.1, 0.15) is 52.4 Å². The first-order chi connectivity index (χ1) is 9.08. The van der Waals surface area contributed by atoms with Crippen LogP contribution in [0.15, 0.2) is 0 Å². The Morgan fingerprint density at radius 2 is 1.53 bits per heavy atom. The molecule has 4 aliphatic carbocycles. The molecule has 0 aromatic carbocycles. The summed E-state index contributed by atoms with van der Waals surface area (Å²) in [7, 11) is 0. The minimum absolute atomic E-state index is 0.0632. The molecule has 0 heterocycles. The van der Waals surface area contributed by atoms with E-state index in [-0.39, 0.29) is 10.2 Å². The smallest absolute Gasteiger partial charge is 0.236 e. The molecule has 2 nitrogen and oxygen atoms in total. The summed E-state index contributed by atoms with van der Waals surface area (Å²) >= 11 is 3.82. The number of rotatable bonds is 4. The van der Waals surface area contributed by atoms with Crippen LogP contribution in [-0.2, 0) is 4.79 Å². The Hall–Kier alpha value is -0.0500. The average Bonchev–Trinajstić information content (AvgIpc) is 2.37. The van der Waals surface area contributed by atoms with Gasteiger partial charge in [0.2, 0.25) is 5.91 Å². The summed E-state index contributed by atoms with van der Waals surface area (Å²) in [5.41, 5.74) is 0.286. The van der Waals surface area contributed by atoms with Crippen molar-refractivity contribution in [1.29, 1.82) is 0 Å². The zero-order valence-corrected chi connectivity index (χ0v) is 13.8. The first kappa shape index (κ1) is 13.9. The van der Waals surface area contributed by atoms with E-state index in [2.05, 4.69) is 29.8 Å². The van der Waals surface area contributed by atoms with Crippen molar-refractivity contribution in [1.82, 2.24) is 4.90 Å². The molecular formula is C16H26BrNO. The summed E-state index contributed by atoms with van der Waals surface area (Å²) in [4.78, 5) is 14.8. The second-order valence-electron chi connectivity index (χ2n) is 7.15. The topological polar surface area (TPSA) is 20.3 Å². The van der Waals surface area contributed by atoms with Crippen LogP contribution in [0.5, 0.6) is 0 Å². The van der Waals surface area contributed by atoms with Gasteiger partial charge in [-0.1, -0.05) is 15.9 Å². The number of nitrogens with zero attached hydrogens (tertiary/aromatic N) is 1. The number of amides is 1. The van der Waals surface area contributed by atoms with E-state index in [0.29, 0.717) is 5.91 Å². The van der Waals surface area contributed by atoms with Crippen molar-refractivity contribution in [3.63, 3.8) is 0 Å². The van der Waals surface area contributed by atoms with Crippen LogP contribution in [-0.4, -0.2) is 28.7 Å². The van der Waals surface area contributed by atoms with Gasteiger partial charge in [0.1, 0.15) is 0 Å². The molecule has 1 amide bonds. The summed E-state index contributed by atoms with van der Waals surface area (Å²) in [6.45, 7) is 5.84. The van der Waals surface area contributed by atoms with E-state index in [9.17, 15) is 4.79 Å². The van der Waals surface area contributed by atoms with Crippen LogP contribution in [0.4, 0.5) is 0 Å². The minimum Gasteiger partial charge on any atom is -0.342 e. The molecule has 0 N–H and O–H groups in total. The number of carbonyl (C=O) groups excluding carboxylic acids is 1. The number of hydrogen-bond donors (Lipinski definition) is 0. The van der Waals surface area contributed by atoms with Gasteiger partial charge < -0.3 is 4.90 Å². The SMILES string of the molecule is CCN(CC)C(=O)[C@@H](Br)C12CC3CC(CC(C3)C1)C2. The normalized spacial score (nSPS) is 41.3. The van der Waals surface area contributed by atoms with Crippen molar-refractivity contribution >= 4 is 21.8 Å². The van der Waals surface area contributed by atoms with Gasteiger partial charge in [0.25, 0.3) is 0 Å². The Bertz CT molecular complexity index is 328. The molecule has 108 valence electrons. The maximum Gasteiger partial charge on any atom is 0.236 e. The van der Waals surface area contributed by atoms with Gasteiger partial charge in [-0.15, -0.1) is 0 Å². The number of carbonyl (C=O) groups is 1. The standard InChI is InChI=1S/C16H26BrNO/c1-3-18(4-2)15(19)14(17)16-8-11-5-12(9-16)7-13(6-11)10-16/h11-14H,3-10H2,1-2H3/t11?,12?,13?,14-,16?/m1/s1. The predicted octanol–water partition coefficient (Wildman–Crippen LogP) is 3.83. The molecular weight excluding hydrogens is 302 g/mol.